The fourth-order valence-electron chi connectivity index (χ4n) is 3.40. The second kappa shape index (κ2) is 9.25. The standard InChI is InChI=1S/C18H23ClN6O5/c19-5-6-29-17-14(16(28)15(27)13(9-26)30-17)25-8-10(23-24-25)7-20-18-21-11-3-1-2-4-12(11)22-18/h1-4,8,13-17,26-28H,5-7,9H2,(H2,20,21,22)/t13?,14?,15-,16?,17+/m1/s1. The van der Waals surface area contributed by atoms with Gasteiger partial charge in [0.15, 0.2) is 6.29 Å². The molecule has 0 bridgehead atoms. The molecule has 2 aromatic heterocycles. The minimum Gasteiger partial charge on any atom is -0.394 e. The fourth-order valence-corrected chi connectivity index (χ4v) is 3.49. The average molecular weight is 439 g/mol. The van der Waals surface area contributed by atoms with Crippen LogP contribution in [-0.2, 0) is 16.0 Å². The number of rotatable bonds is 8. The van der Waals surface area contributed by atoms with Crippen molar-refractivity contribution in [2.45, 2.75) is 37.2 Å². The van der Waals surface area contributed by atoms with Crippen LogP contribution in [0.15, 0.2) is 30.5 Å². The summed E-state index contributed by atoms with van der Waals surface area (Å²) in [5.74, 6) is 0.815. The van der Waals surface area contributed by atoms with E-state index < -0.39 is 37.3 Å². The topological polar surface area (TPSA) is 151 Å². The van der Waals surface area contributed by atoms with Gasteiger partial charge in [-0.2, -0.15) is 0 Å². The molecule has 3 unspecified atom stereocenters. The number of benzene rings is 1. The summed E-state index contributed by atoms with van der Waals surface area (Å²) in [7, 11) is 0. The van der Waals surface area contributed by atoms with Crippen LogP contribution < -0.4 is 5.32 Å². The summed E-state index contributed by atoms with van der Waals surface area (Å²) in [6, 6.07) is 6.81. The van der Waals surface area contributed by atoms with Crippen LogP contribution in [0.3, 0.4) is 0 Å². The zero-order valence-corrected chi connectivity index (χ0v) is 16.7. The molecule has 5 atom stereocenters. The monoisotopic (exact) mass is 438 g/mol. The Balaban J connectivity index is 1.47. The van der Waals surface area contributed by atoms with Crippen LogP contribution in [0.5, 0.6) is 0 Å². The Hall–Kier alpha value is -2.28. The van der Waals surface area contributed by atoms with Crippen molar-refractivity contribution in [2.75, 3.05) is 24.4 Å². The van der Waals surface area contributed by atoms with Crippen molar-refractivity contribution >= 4 is 28.6 Å². The van der Waals surface area contributed by atoms with Gasteiger partial charge in [-0.05, 0) is 12.1 Å². The maximum Gasteiger partial charge on any atom is 0.201 e. The Kier molecular flexibility index (Phi) is 6.46. The average Bonchev–Trinajstić information content (AvgIpc) is 3.39. The summed E-state index contributed by atoms with van der Waals surface area (Å²) < 4.78 is 12.6. The van der Waals surface area contributed by atoms with E-state index in [9.17, 15) is 15.3 Å². The highest BCUT2D eigenvalue weighted by atomic mass is 35.5. The Morgan fingerprint density at radius 2 is 2.10 bits per heavy atom. The number of anilines is 1. The van der Waals surface area contributed by atoms with Gasteiger partial charge in [-0.25, -0.2) is 9.67 Å². The van der Waals surface area contributed by atoms with E-state index in [1.54, 1.807) is 6.20 Å². The summed E-state index contributed by atoms with van der Waals surface area (Å²) >= 11 is 5.69. The lowest BCUT2D eigenvalue weighted by Gasteiger charge is -2.41. The molecular weight excluding hydrogens is 416 g/mol. The first kappa shape index (κ1) is 21.0. The Morgan fingerprint density at radius 1 is 1.27 bits per heavy atom. The highest BCUT2D eigenvalue weighted by molar-refractivity contribution is 6.17. The first-order valence-electron chi connectivity index (χ1n) is 9.50. The highest BCUT2D eigenvalue weighted by Crippen LogP contribution is 2.30. The third-order valence-electron chi connectivity index (χ3n) is 4.90. The van der Waals surface area contributed by atoms with Gasteiger partial charge in [-0.1, -0.05) is 17.3 Å². The van der Waals surface area contributed by atoms with Crippen molar-refractivity contribution < 1.29 is 24.8 Å². The van der Waals surface area contributed by atoms with Gasteiger partial charge in [0.1, 0.15) is 30.0 Å². The molecule has 3 aromatic rings. The van der Waals surface area contributed by atoms with Gasteiger partial charge >= 0.3 is 0 Å². The van der Waals surface area contributed by atoms with Crippen LogP contribution >= 0.6 is 11.6 Å². The van der Waals surface area contributed by atoms with Crippen LogP contribution in [-0.4, -0.2) is 84.0 Å². The van der Waals surface area contributed by atoms with Crippen molar-refractivity contribution in [3.05, 3.63) is 36.2 Å². The lowest BCUT2D eigenvalue weighted by Crippen LogP contribution is -2.57. The quantitative estimate of drug-likeness (QED) is 0.306. The normalized spacial score (nSPS) is 26.9. The Labute approximate surface area is 176 Å². The third-order valence-corrected chi connectivity index (χ3v) is 5.05. The molecule has 12 heteroatoms. The summed E-state index contributed by atoms with van der Waals surface area (Å²) in [6.07, 6.45) is -2.91. The molecule has 3 heterocycles. The molecule has 0 saturated carbocycles. The number of alkyl halides is 1. The number of aliphatic hydroxyl groups is 3. The zero-order valence-electron chi connectivity index (χ0n) is 15.9. The molecule has 0 amide bonds. The number of H-pyrrole nitrogens is 1. The first-order valence-corrected chi connectivity index (χ1v) is 10.0. The molecule has 1 aliphatic rings. The fraction of sp³-hybridized carbons (Fsp3) is 0.500. The number of ether oxygens (including phenoxy) is 2. The van der Waals surface area contributed by atoms with E-state index in [1.165, 1.54) is 4.68 Å². The van der Waals surface area contributed by atoms with Crippen LogP contribution in [0.25, 0.3) is 11.0 Å². The number of fused-ring (bicyclic) bond motifs is 1. The maximum absolute atomic E-state index is 10.6. The van der Waals surface area contributed by atoms with Gasteiger partial charge in [0.05, 0.1) is 37.0 Å². The molecule has 0 spiro atoms. The number of aromatic amines is 1. The number of aromatic nitrogens is 5. The highest BCUT2D eigenvalue weighted by Gasteiger charge is 2.46. The number of nitrogens with one attached hydrogen (secondary N) is 2. The molecule has 162 valence electrons. The predicted octanol–water partition coefficient (Wildman–Crippen LogP) is 0.00200. The van der Waals surface area contributed by atoms with E-state index in [-0.39, 0.29) is 12.5 Å². The summed E-state index contributed by atoms with van der Waals surface area (Å²) in [5.41, 5.74) is 2.34. The molecule has 1 aliphatic heterocycles. The SMILES string of the molecule is OCC1O[C@H](OCCCl)C(n2cc(CNc3nc4ccccc4[nH]3)nn2)C(O)[C@@H]1O. The zero-order chi connectivity index (χ0) is 21.1. The first-order chi connectivity index (χ1) is 14.6. The summed E-state index contributed by atoms with van der Waals surface area (Å²) in [6.45, 7) is 0.0348. The minimum atomic E-state index is -1.31. The van der Waals surface area contributed by atoms with Crippen LogP contribution in [0, 0.1) is 0 Å². The van der Waals surface area contributed by atoms with Crippen LogP contribution in [0.2, 0.25) is 0 Å². The van der Waals surface area contributed by atoms with Gasteiger partial charge in [0, 0.05) is 5.88 Å². The van der Waals surface area contributed by atoms with Crippen molar-refractivity contribution in [3.63, 3.8) is 0 Å². The largest absolute Gasteiger partial charge is 0.394 e. The van der Waals surface area contributed by atoms with E-state index >= 15 is 0 Å². The molecule has 4 rings (SSSR count). The van der Waals surface area contributed by atoms with E-state index in [1.807, 2.05) is 24.3 Å². The van der Waals surface area contributed by atoms with Crippen LogP contribution in [0.1, 0.15) is 11.7 Å². The van der Waals surface area contributed by atoms with Crippen molar-refractivity contribution in [1.29, 1.82) is 0 Å². The van der Waals surface area contributed by atoms with Gasteiger partial charge in [-0.15, -0.1) is 16.7 Å². The summed E-state index contributed by atoms with van der Waals surface area (Å²) in [5, 5.41) is 41.5. The lowest BCUT2D eigenvalue weighted by atomic mass is 9.97. The Bertz CT molecular complexity index is 934. The van der Waals surface area contributed by atoms with Crippen molar-refractivity contribution in [2.24, 2.45) is 0 Å². The summed E-state index contributed by atoms with van der Waals surface area (Å²) in [4.78, 5) is 7.60. The molecule has 0 aliphatic carbocycles. The predicted molar refractivity (Wildman–Crippen MR) is 107 cm³/mol. The number of nitrogens with zero attached hydrogens (tertiary/aromatic N) is 4. The number of halogens is 1. The number of imidazole rings is 1. The molecule has 1 saturated heterocycles. The number of hydrogen-bond donors (Lipinski definition) is 5. The van der Waals surface area contributed by atoms with E-state index in [0.717, 1.165) is 11.0 Å². The van der Waals surface area contributed by atoms with Gasteiger partial charge < -0.3 is 35.1 Å². The van der Waals surface area contributed by atoms with E-state index in [2.05, 4.69) is 25.6 Å². The van der Waals surface area contributed by atoms with Crippen LogP contribution in [0.4, 0.5) is 5.95 Å². The second-order valence-electron chi connectivity index (χ2n) is 6.90. The molecule has 5 N–H and O–H groups in total. The second-order valence-corrected chi connectivity index (χ2v) is 7.28. The molecular formula is C18H23ClN6O5. The number of hydrogen-bond acceptors (Lipinski definition) is 9. The molecule has 1 fully saturated rings. The number of para-hydroxylation sites is 2. The molecule has 1 aromatic carbocycles. The van der Waals surface area contributed by atoms with Crippen molar-refractivity contribution in [1.82, 2.24) is 25.0 Å². The van der Waals surface area contributed by atoms with Crippen molar-refractivity contribution in [3.8, 4) is 0 Å². The lowest BCUT2D eigenvalue weighted by molar-refractivity contribution is -0.280. The van der Waals surface area contributed by atoms with E-state index in [0.29, 0.717) is 18.2 Å². The Morgan fingerprint density at radius 3 is 2.87 bits per heavy atom. The minimum absolute atomic E-state index is 0.166. The smallest absolute Gasteiger partial charge is 0.201 e. The third kappa shape index (κ3) is 4.26. The molecule has 0 radical (unpaired) electrons. The van der Waals surface area contributed by atoms with Gasteiger partial charge in [-0.3, -0.25) is 0 Å². The molecule has 11 nitrogen and oxygen atoms in total. The molecule has 30 heavy (non-hydrogen) atoms. The van der Waals surface area contributed by atoms with E-state index in [4.69, 9.17) is 21.1 Å². The maximum atomic E-state index is 10.6. The van der Waals surface area contributed by atoms with Gasteiger partial charge in [0.25, 0.3) is 0 Å². The number of aliphatic hydroxyl groups excluding tert-OH is 3. The van der Waals surface area contributed by atoms with Gasteiger partial charge in [0.2, 0.25) is 5.95 Å².